The highest BCUT2D eigenvalue weighted by Gasteiger charge is 2.31. The number of carbonyl (C=O) groups is 1. The summed E-state index contributed by atoms with van der Waals surface area (Å²) < 4.78 is 4.95. The molecule has 100 valence electrons. The highest BCUT2D eigenvalue weighted by Crippen LogP contribution is 2.27. The Kier molecular flexibility index (Phi) is 4.19. The van der Waals surface area contributed by atoms with Crippen LogP contribution in [-0.4, -0.2) is 40.8 Å². The van der Waals surface area contributed by atoms with E-state index in [1.807, 2.05) is 0 Å². The highest BCUT2D eigenvalue weighted by molar-refractivity contribution is 5.77. The van der Waals surface area contributed by atoms with E-state index in [1.54, 1.807) is 44.0 Å². The number of methoxy groups -OCH3 is 1. The molecule has 0 radical (unpaired) electrons. The van der Waals surface area contributed by atoms with Crippen LogP contribution in [-0.2, 0) is 11.3 Å². The molecule has 0 aliphatic heterocycles. The number of nitrogens with zero attached hydrogens (tertiary/aromatic N) is 1. The summed E-state index contributed by atoms with van der Waals surface area (Å²) in [6.07, 6.45) is 0. The monoisotopic (exact) mass is 253 g/mol. The smallest absolute Gasteiger partial charge is 0.323 e. The van der Waals surface area contributed by atoms with Crippen molar-refractivity contribution in [3.63, 3.8) is 0 Å². The zero-order chi connectivity index (χ0) is 13.9. The Morgan fingerprint density at radius 2 is 2.06 bits per heavy atom. The highest BCUT2D eigenvalue weighted by atomic mass is 16.5. The minimum atomic E-state index is -0.963. The van der Waals surface area contributed by atoms with Gasteiger partial charge in [0.1, 0.15) is 5.54 Å². The predicted octanol–water partition coefficient (Wildman–Crippen LogP) is 1.70. The van der Waals surface area contributed by atoms with Crippen molar-refractivity contribution in [1.29, 1.82) is 0 Å². The fourth-order valence-corrected chi connectivity index (χ4v) is 1.47. The molecule has 1 aromatic carbocycles. The van der Waals surface area contributed by atoms with Crippen LogP contribution in [0.25, 0.3) is 0 Å². The zero-order valence-electron chi connectivity index (χ0n) is 11.1. The first-order valence-corrected chi connectivity index (χ1v) is 5.59. The number of aliphatic carboxylic acids is 1. The Hall–Kier alpha value is -1.75. The quantitative estimate of drug-likeness (QED) is 0.835. The summed E-state index contributed by atoms with van der Waals surface area (Å²) in [6, 6.07) is 5.03. The van der Waals surface area contributed by atoms with E-state index < -0.39 is 11.5 Å². The summed E-state index contributed by atoms with van der Waals surface area (Å²) in [5.41, 5.74) is -0.139. The molecular weight excluding hydrogens is 234 g/mol. The number of rotatable bonds is 5. The minimum Gasteiger partial charge on any atom is -0.504 e. The van der Waals surface area contributed by atoms with Gasteiger partial charge in [0.25, 0.3) is 0 Å². The third-order valence-electron chi connectivity index (χ3n) is 3.14. The first-order chi connectivity index (χ1) is 8.28. The average molecular weight is 253 g/mol. The number of hydrogen-bond acceptors (Lipinski definition) is 4. The Labute approximate surface area is 107 Å². The molecule has 18 heavy (non-hydrogen) atoms. The number of phenolic OH excluding ortho intramolecular Hbond substituents is 1. The first-order valence-electron chi connectivity index (χ1n) is 5.59. The Morgan fingerprint density at radius 1 is 1.44 bits per heavy atom. The lowest BCUT2D eigenvalue weighted by Gasteiger charge is -2.31. The molecule has 0 aromatic heterocycles. The number of phenols is 1. The third kappa shape index (κ3) is 2.92. The van der Waals surface area contributed by atoms with Gasteiger partial charge in [0.15, 0.2) is 11.5 Å². The summed E-state index contributed by atoms with van der Waals surface area (Å²) in [5.74, 6) is -0.432. The second-order valence-electron chi connectivity index (χ2n) is 4.73. The van der Waals surface area contributed by atoms with Gasteiger partial charge in [0.2, 0.25) is 0 Å². The molecule has 0 aliphatic carbocycles. The molecule has 0 heterocycles. The number of ether oxygens (including phenoxy) is 1. The van der Waals surface area contributed by atoms with Gasteiger partial charge in [-0.05, 0) is 38.6 Å². The number of aromatic hydroxyl groups is 1. The van der Waals surface area contributed by atoms with Gasteiger partial charge in [-0.3, -0.25) is 9.69 Å². The number of benzene rings is 1. The van der Waals surface area contributed by atoms with Crippen molar-refractivity contribution in [3.8, 4) is 11.5 Å². The van der Waals surface area contributed by atoms with Gasteiger partial charge in [0, 0.05) is 6.54 Å². The molecule has 1 rings (SSSR count). The maximum Gasteiger partial charge on any atom is 0.323 e. The van der Waals surface area contributed by atoms with Crippen molar-refractivity contribution in [3.05, 3.63) is 23.8 Å². The van der Waals surface area contributed by atoms with Gasteiger partial charge in [-0.25, -0.2) is 0 Å². The molecular formula is C13H19NO4. The predicted molar refractivity (Wildman–Crippen MR) is 67.8 cm³/mol. The molecule has 0 bridgehead atoms. The van der Waals surface area contributed by atoms with E-state index >= 15 is 0 Å². The van der Waals surface area contributed by atoms with Gasteiger partial charge in [-0.15, -0.1) is 0 Å². The molecule has 2 N–H and O–H groups in total. The van der Waals surface area contributed by atoms with Crippen LogP contribution < -0.4 is 4.74 Å². The van der Waals surface area contributed by atoms with E-state index in [2.05, 4.69) is 0 Å². The Bertz CT molecular complexity index is 443. The molecule has 0 unspecified atom stereocenters. The van der Waals surface area contributed by atoms with Crippen LogP contribution >= 0.6 is 0 Å². The summed E-state index contributed by atoms with van der Waals surface area (Å²) in [4.78, 5) is 12.8. The summed E-state index contributed by atoms with van der Waals surface area (Å²) in [7, 11) is 3.21. The van der Waals surface area contributed by atoms with E-state index in [9.17, 15) is 9.90 Å². The molecule has 0 saturated carbocycles. The fourth-order valence-electron chi connectivity index (χ4n) is 1.47. The second-order valence-corrected chi connectivity index (χ2v) is 4.73. The maximum absolute atomic E-state index is 11.1. The Morgan fingerprint density at radius 3 is 2.50 bits per heavy atom. The van der Waals surface area contributed by atoms with E-state index in [0.717, 1.165) is 5.56 Å². The van der Waals surface area contributed by atoms with Gasteiger partial charge in [-0.1, -0.05) is 6.07 Å². The van der Waals surface area contributed by atoms with Crippen molar-refractivity contribution in [2.75, 3.05) is 14.2 Å². The summed E-state index contributed by atoms with van der Waals surface area (Å²) in [5, 5.41) is 18.8. The number of carboxylic acid groups (broad SMARTS) is 1. The average Bonchev–Trinajstić information content (AvgIpc) is 2.28. The molecule has 1 aromatic rings. The molecule has 0 saturated heterocycles. The lowest BCUT2D eigenvalue weighted by molar-refractivity contribution is -0.148. The van der Waals surface area contributed by atoms with Crippen LogP contribution in [0.2, 0.25) is 0 Å². The first kappa shape index (κ1) is 14.3. The maximum atomic E-state index is 11.1. The van der Waals surface area contributed by atoms with E-state index in [0.29, 0.717) is 12.3 Å². The van der Waals surface area contributed by atoms with Crippen molar-refractivity contribution >= 4 is 5.97 Å². The molecule has 0 atom stereocenters. The van der Waals surface area contributed by atoms with E-state index in [4.69, 9.17) is 9.84 Å². The fraction of sp³-hybridized carbons (Fsp3) is 0.462. The van der Waals surface area contributed by atoms with Crippen LogP contribution in [0.3, 0.4) is 0 Å². The van der Waals surface area contributed by atoms with E-state index in [1.165, 1.54) is 7.11 Å². The van der Waals surface area contributed by atoms with Crippen LogP contribution in [0.15, 0.2) is 18.2 Å². The number of carboxylic acids is 1. The summed E-state index contributed by atoms with van der Waals surface area (Å²) in [6.45, 7) is 3.70. The van der Waals surface area contributed by atoms with Crippen molar-refractivity contribution < 1.29 is 19.7 Å². The van der Waals surface area contributed by atoms with Gasteiger partial charge >= 0.3 is 5.97 Å². The number of hydrogen-bond donors (Lipinski definition) is 2. The topological polar surface area (TPSA) is 70.0 Å². The normalized spacial score (nSPS) is 11.6. The van der Waals surface area contributed by atoms with Crippen molar-refractivity contribution in [2.24, 2.45) is 0 Å². The molecule has 5 heteroatoms. The second kappa shape index (κ2) is 5.27. The molecule has 0 fully saturated rings. The summed E-state index contributed by atoms with van der Waals surface area (Å²) >= 11 is 0. The van der Waals surface area contributed by atoms with Crippen molar-refractivity contribution in [2.45, 2.75) is 25.9 Å². The van der Waals surface area contributed by atoms with Crippen LogP contribution in [0, 0.1) is 0 Å². The van der Waals surface area contributed by atoms with Gasteiger partial charge < -0.3 is 14.9 Å². The molecule has 5 nitrogen and oxygen atoms in total. The van der Waals surface area contributed by atoms with Gasteiger partial charge in [0.05, 0.1) is 7.11 Å². The zero-order valence-corrected chi connectivity index (χ0v) is 11.1. The standard InChI is InChI=1S/C13H19NO4/c1-13(2,12(16)17)14(3)8-9-5-6-11(18-4)10(15)7-9/h5-7,15H,8H2,1-4H3,(H,16,17). The Balaban J connectivity index is 2.85. The van der Waals surface area contributed by atoms with Gasteiger partial charge in [-0.2, -0.15) is 0 Å². The lowest BCUT2D eigenvalue weighted by Crippen LogP contribution is -2.47. The van der Waals surface area contributed by atoms with E-state index in [-0.39, 0.29) is 5.75 Å². The van der Waals surface area contributed by atoms with Crippen molar-refractivity contribution in [1.82, 2.24) is 4.90 Å². The molecule has 0 aliphatic rings. The van der Waals surface area contributed by atoms with Crippen LogP contribution in [0.4, 0.5) is 0 Å². The van der Waals surface area contributed by atoms with Crippen LogP contribution in [0.1, 0.15) is 19.4 Å². The largest absolute Gasteiger partial charge is 0.504 e. The van der Waals surface area contributed by atoms with Crippen LogP contribution in [0.5, 0.6) is 11.5 Å². The lowest BCUT2D eigenvalue weighted by atomic mass is 10.0. The third-order valence-corrected chi connectivity index (χ3v) is 3.14. The minimum absolute atomic E-state index is 0.0523. The SMILES string of the molecule is COc1ccc(CN(C)C(C)(C)C(=O)O)cc1O. The molecule has 0 spiro atoms. The molecule has 0 amide bonds. The number of likely N-dealkylation sites (N-methyl/N-ethyl adjacent to an activating group) is 1.